The van der Waals surface area contributed by atoms with Gasteiger partial charge in [-0.25, -0.2) is 0 Å². The van der Waals surface area contributed by atoms with Gasteiger partial charge in [0.25, 0.3) is 5.91 Å². The molecule has 3 aromatic carbocycles. The number of hydrogen-bond donors (Lipinski definition) is 1. The zero-order valence-electron chi connectivity index (χ0n) is 14.5. The average molecular weight is 333 g/mol. The Kier molecular flexibility index (Phi) is 5.68. The number of amides is 1. The van der Waals surface area contributed by atoms with E-state index in [0.29, 0.717) is 6.54 Å². The third-order valence-corrected chi connectivity index (χ3v) is 4.16. The van der Waals surface area contributed by atoms with E-state index in [-0.39, 0.29) is 12.5 Å². The second-order valence-corrected chi connectivity index (χ2v) is 6.21. The summed E-state index contributed by atoms with van der Waals surface area (Å²) in [6.07, 6.45) is 1.88. The summed E-state index contributed by atoms with van der Waals surface area (Å²) in [6.45, 7) is 2.79. The van der Waals surface area contributed by atoms with Gasteiger partial charge in [-0.15, -0.1) is 0 Å². The molecule has 0 saturated carbocycles. The molecule has 0 radical (unpaired) electrons. The van der Waals surface area contributed by atoms with Crippen LogP contribution in [0.5, 0.6) is 5.75 Å². The van der Waals surface area contributed by atoms with Crippen molar-refractivity contribution in [2.24, 2.45) is 0 Å². The van der Waals surface area contributed by atoms with Crippen LogP contribution in [0.15, 0.2) is 66.7 Å². The van der Waals surface area contributed by atoms with Crippen LogP contribution in [0.1, 0.15) is 17.5 Å². The van der Waals surface area contributed by atoms with Crippen molar-refractivity contribution < 1.29 is 9.53 Å². The van der Waals surface area contributed by atoms with Crippen LogP contribution in [0.3, 0.4) is 0 Å². The number of benzene rings is 3. The smallest absolute Gasteiger partial charge is 0.257 e. The fraction of sp³-hybridized carbons (Fsp3) is 0.227. The van der Waals surface area contributed by atoms with E-state index < -0.39 is 0 Å². The van der Waals surface area contributed by atoms with Crippen LogP contribution in [-0.2, 0) is 11.2 Å². The van der Waals surface area contributed by atoms with E-state index in [2.05, 4.69) is 36.5 Å². The zero-order valence-corrected chi connectivity index (χ0v) is 14.5. The lowest BCUT2D eigenvalue weighted by Crippen LogP contribution is -2.29. The summed E-state index contributed by atoms with van der Waals surface area (Å²) in [5.74, 6) is 0.658. The highest BCUT2D eigenvalue weighted by Gasteiger charge is 2.05. The molecule has 0 spiro atoms. The zero-order chi connectivity index (χ0) is 17.5. The number of nitrogens with one attached hydrogen (secondary N) is 1. The highest BCUT2D eigenvalue weighted by molar-refractivity contribution is 5.88. The molecule has 0 heterocycles. The first kappa shape index (κ1) is 17.0. The van der Waals surface area contributed by atoms with Gasteiger partial charge >= 0.3 is 0 Å². The van der Waals surface area contributed by atoms with E-state index in [1.807, 2.05) is 42.5 Å². The summed E-state index contributed by atoms with van der Waals surface area (Å²) >= 11 is 0. The van der Waals surface area contributed by atoms with Crippen LogP contribution in [0.2, 0.25) is 0 Å². The Morgan fingerprint density at radius 1 is 1.00 bits per heavy atom. The van der Waals surface area contributed by atoms with Crippen LogP contribution in [-0.4, -0.2) is 19.1 Å². The predicted molar refractivity (Wildman–Crippen MR) is 102 cm³/mol. The van der Waals surface area contributed by atoms with Crippen molar-refractivity contribution >= 4 is 16.7 Å². The van der Waals surface area contributed by atoms with E-state index >= 15 is 0 Å². The van der Waals surface area contributed by atoms with Crippen molar-refractivity contribution in [3.05, 3.63) is 77.9 Å². The Balaban J connectivity index is 1.43. The molecule has 0 aliphatic carbocycles. The monoisotopic (exact) mass is 333 g/mol. The lowest BCUT2D eigenvalue weighted by atomic mass is 10.1. The standard InChI is InChI=1S/C22H23NO2/c1-17-7-4-8-18(15-17)9-6-14-23-22(24)16-25-21-13-5-11-19-10-2-3-12-20(19)21/h2-5,7-8,10-13,15H,6,9,14,16H2,1H3,(H,23,24). The molecule has 0 fully saturated rings. The minimum absolute atomic E-state index is 0.0401. The van der Waals surface area contributed by atoms with Crippen LogP contribution in [0.25, 0.3) is 10.8 Å². The van der Waals surface area contributed by atoms with Crippen molar-refractivity contribution in [3.63, 3.8) is 0 Å². The minimum Gasteiger partial charge on any atom is -0.483 e. The molecule has 0 aromatic heterocycles. The van der Waals surface area contributed by atoms with Crippen molar-refractivity contribution in [1.82, 2.24) is 5.32 Å². The Bertz CT molecular complexity index is 852. The van der Waals surface area contributed by atoms with Crippen LogP contribution < -0.4 is 10.1 Å². The summed E-state index contributed by atoms with van der Waals surface area (Å²) in [5, 5.41) is 5.06. The highest BCUT2D eigenvalue weighted by atomic mass is 16.5. The van der Waals surface area contributed by atoms with E-state index in [9.17, 15) is 4.79 Å². The van der Waals surface area contributed by atoms with Gasteiger partial charge in [0.1, 0.15) is 5.75 Å². The molecule has 3 heteroatoms. The second-order valence-electron chi connectivity index (χ2n) is 6.21. The van der Waals surface area contributed by atoms with Gasteiger partial charge in [-0.05, 0) is 36.8 Å². The van der Waals surface area contributed by atoms with Gasteiger partial charge in [-0.2, -0.15) is 0 Å². The molecule has 0 bridgehead atoms. The molecule has 0 saturated heterocycles. The van der Waals surface area contributed by atoms with Crippen LogP contribution in [0.4, 0.5) is 0 Å². The lowest BCUT2D eigenvalue weighted by molar-refractivity contribution is -0.123. The van der Waals surface area contributed by atoms with Gasteiger partial charge in [-0.3, -0.25) is 4.79 Å². The molecule has 3 aromatic rings. The van der Waals surface area contributed by atoms with E-state index in [1.165, 1.54) is 11.1 Å². The third kappa shape index (κ3) is 4.83. The van der Waals surface area contributed by atoms with Gasteiger partial charge in [0.2, 0.25) is 0 Å². The Morgan fingerprint density at radius 2 is 1.80 bits per heavy atom. The molecule has 0 atom stereocenters. The van der Waals surface area contributed by atoms with E-state index in [1.54, 1.807) is 0 Å². The fourth-order valence-electron chi connectivity index (χ4n) is 2.90. The van der Waals surface area contributed by atoms with Gasteiger partial charge in [0.05, 0.1) is 0 Å². The number of rotatable bonds is 7. The quantitative estimate of drug-likeness (QED) is 0.656. The maximum absolute atomic E-state index is 12.0. The second kappa shape index (κ2) is 8.34. The summed E-state index contributed by atoms with van der Waals surface area (Å²) in [5.41, 5.74) is 2.58. The maximum Gasteiger partial charge on any atom is 0.257 e. The first-order valence-electron chi connectivity index (χ1n) is 8.65. The third-order valence-electron chi connectivity index (χ3n) is 4.16. The van der Waals surface area contributed by atoms with Gasteiger partial charge in [0.15, 0.2) is 6.61 Å². The molecular weight excluding hydrogens is 310 g/mol. The van der Waals surface area contributed by atoms with Gasteiger partial charge < -0.3 is 10.1 Å². The molecule has 1 amide bonds. The molecule has 3 nitrogen and oxygen atoms in total. The molecule has 128 valence electrons. The maximum atomic E-state index is 12.0. The number of carbonyl (C=O) groups excluding carboxylic acids is 1. The van der Waals surface area contributed by atoms with Gasteiger partial charge in [0, 0.05) is 11.9 Å². The summed E-state index contributed by atoms with van der Waals surface area (Å²) in [6, 6.07) is 22.4. The lowest BCUT2D eigenvalue weighted by Gasteiger charge is -2.10. The van der Waals surface area contributed by atoms with Gasteiger partial charge in [-0.1, -0.05) is 66.2 Å². The number of ether oxygens (including phenoxy) is 1. The number of aryl methyl sites for hydroxylation is 2. The van der Waals surface area contributed by atoms with E-state index in [4.69, 9.17) is 4.74 Å². The topological polar surface area (TPSA) is 38.3 Å². The number of carbonyl (C=O) groups is 1. The van der Waals surface area contributed by atoms with Crippen molar-refractivity contribution in [1.29, 1.82) is 0 Å². The van der Waals surface area contributed by atoms with Crippen molar-refractivity contribution in [2.75, 3.05) is 13.2 Å². The average Bonchev–Trinajstić information content (AvgIpc) is 2.63. The predicted octanol–water partition coefficient (Wildman–Crippen LogP) is 4.28. The van der Waals surface area contributed by atoms with Crippen LogP contribution in [0, 0.1) is 6.92 Å². The molecular formula is C22H23NO2. The molecule has 25 heavy (non-hydrogen) atoms. The molecule has 1 N–H and O–H groups in total. The summed E-state index contributed by atoms with van der Waals surface area (Å²) < 4.78 is 5.70. The Labute approximate surface area is 148 Å². The number of hydrogen-bond acceptors (Lipinski definition) is 2. The molecule has 0 aliphatic rings. The molecule has 3 rings (SSSR count). The summed E-state index contributed by atoms with van der Waals surface area (Å²) in [7, 11) is 0. The fourth-order valence-corrected chi connectivity index (χ4v) is 2.90. The summed E-state index contributed by atoms with van der Waals surface area (Å²) in [4.78, 5) is 12.0. The first-order valence-corrected chi connectivity index (χ1v) is 8.65. The Morgan fingerprint density at radius 3 is 2.68 bits per heavy atom. The van der Waals surface area contributed by atoms with E-state index in [0.717, 1.165) is 29.4 Å². The van der Waals surface area contributed by atoms with Crippen LogP contribution >= 0.6 is 0 Å². The molecule has 0 aliphatic heterocycles. The largest absolute Gasteiger partial charge is 0.483 e. The number of fused-ring (bicyclic) bond motifs is 1. The minimum atomic E-state index is -0.0859. The van der Waals surface area contributed by atoms with Crippen molar-refractivity contribution in [2.45, 2.75) is 19.8 Å². The highest BCUT2D eigenvalue weighted by Crippen LogP contribution is 2.24. The SMILES string of the molecule is Cc1cccc(CCCNC(=O)COc2cccc3ccccc23)c1. The Hall–Kier alpha value is -2.81. The first-order chi connectivity index (χ1) is 12.2. The van der Waals surface area contributed by atoms with Crippen molar-refractivity contribution in [3.8, 4) is 5.75 Å². The normalized spacial score (nSPS) is 10.6. The molecule has 0 unspecified atom stereocenters.